The van der Waals surface area contributed by atoms with Gasteiger partial charge in [0.2, 0.25) is 10.6 Å². The van der Waals surface area contributed by atoms with Crippen molar-refractivity contribution in [2.45, 2.75) is 44.9 Å². The second kappa shape index (κ2) is 19.8. The molecule has 0 spiro atoms. The molecule has 184 valence electrons. The van der Waals surface area contributed by atoms with Crippen LogP contribution in [0.2, 0.25) is 0 Å². The van der Waals surface area contributed by atoms with Crippen molar-refractivity contribution in [3.05, 3.63) is 10.4 Å². The van der Waals surface area contributed by atoms with Crippen molar-refractivity contribution in [2.75, 3.05) is 65.4 Å². The summed E-state index contributed by atoms with van der Waals surface area (Å²) < 4.78 is 0. The van der Waals surface area contributed by atoms with Gasteiger partial charge in [0.25, 0.3) is 0 Å². The first-order valence-corrected chi connectivity index (χ1v) is 11.0. The van der Waals surface area contributed by atoms with E-state index < -0.39 is 0 Å². The summed E-state index contributed by atoms with van der Waals surface area (Å²) in [6, 6.07) is 0. The number of hydrogen-bond donors (Lipinski definition) is 5. The third-order valence-corrected chi connectivity index (χ3v) is 4.84. The number of unbranched alkanes of at least 4 members (excludes halogenated alkanes) is 2. The van der Waals surface area contributed by atoms with Gasteiger partial charge < -0.3 is 42.9 Å². The molecule has 0 amide bonds. The number of nitrogens with two attached hydrogens (primary N) is 3. The molecule has 0 saturated carbocycles. The topological polar surface area (TPSA) is 205 Å². The SMILES string of the molecule is NCCCN(CCCCN(CCCN)/[N+]([O-])=N\O)CCCCN(CCCN)/[N+]([O-])=N\O. The summed E-state index contributed by atoms with van der Waals surface area (Å²) >= 11 is 0. The largest absolute Gasteiger partial charge is 0.569 e. The Hall–Kier alpha value is -2.16. The Morgan fingerprint density at radius 1 is 0.548 bits per heavy atom. The minimum absolute atomic E-state index is 0.205. The molecule has 0 saturated heterocycles. The molecule has 0 rings (SSSR count). The average molecular weight is 451 g/mol. The molecule has 0 aromatic rings. The van der Waals surface area contributed by atoms with Gasteiger partial charge in [0.05, 0.1) is 36.1 Å². The Morgan fingerprint density at radius 2 is 0.839 bits per heavy atom. The summed E-state index contributed by atoms with van der Waals surface area (Å²) in [5, 5.41) is 48.7. The van der Waals surface area contributed by atoms with Crippen LogP contribution in [0.1, 0.15) is 44.9 Å². The molecule has 0 aliphatic rings. The van der Waals surface area contributed by atoms with Crippen molar-refractivity contribution in [1.82, 2.24) is 14.9 Å². The van der Waals surface area contributed by atoms with Crippen LogP contribution in [0.4, 0.5) is 0 Å². The maximum Gasteiger partial charge on any atom is 0.230 e. The molecule has 0 aromatic heterocycles. The fourth-order valence-electron chi connectivity index (χ4n) is 3.14. The van der Waals surface area contributed by atoms with Crippen LogP contribution < -0.4 is 17.2 Å². The van der Waals surface area contributed by atoms with Crippen LogP contribution in [0.25, 0.3) is 0 Å². The number of nitrogens with zero attached hydrogens (tertiary/aromatic N) is 7. The third-order valence-electron chi connectivity index (χ3n) is 4.84. The van der Waals surface area contributed by atoms with Gasteiger partial charge in [-0.15, -0.1) is 10.0 Å². The maximum atomic E-state index is 11.6. The Morgan fingerprint density at radius 3 is 1.19 bits per heavy atom. The molecule has 0 radical (unpaired) electrons. The molecule has 0 bridgehead atoms. The van der Waals surface area contributed by atoms with Crippen LogP contribution in [-0.4, -0.2) is 101 Å². The van der Waals surface area contributed by atoms with Crippen LogP contribution in [-0.2, 0) is 0 Å². The van der Waals surface area contributed by atoms with Gasteiger partial charge in [-0.05, 0) is 84.2 Å². The molecule has 0 unspecified atom stereocenters. The lowest BCUT2D eigenvalue weighted by atomic mass is 10.2. The second-order valence-corrected chi connectivity index (χ2v) is 7.27. The smallest absolute Gasteiger partial charge is 0.230 e. The molecule has 0 aliphatic heterocycles. The zero-order valence-electron chi connectivity index (χ0n) is 18.6. The highest BCUT2D eigenvalue weighted by atomic mass is 16.6. The Labute approximate surface area is 184 Å². The molecule has 14 heteroatoms. The standard InChI is InChI=1S/C17H42N10O4/c18-8-5-13-23(11-1-3-14-24(16-6-9-19)26(30)21-28)12-2-4-15-25(17-7-10-20)27(31)22-29/h28-29H,1-20H2/b26-21+,27-22+. The summed E-state index contributed by atoms with van der Waals surface area (Å²) in [6.45, 7) is 5.98. The van der Waals surface area contributed by atoms with Crippen LogP contribution >= 0.6 is 0 Å². The first-order chi connectivity index (χ1) is 15.0. The third kappa shape index (κ3) is 14.5. The maximum absolute atomic E-state index is 11.6. The van der Waals surface area contributed by atoms with Gasteiger partial charge in [-0.1, -0.05) is 0 Å². The van der Waals surface area contributed by atoms with Gasteiger partial charge in [-0.25, -0.2) is 0 Å². The fraction of sp³-hybridized carbons (Fsp3) is 1.00. The van der Waals surface area contributed by atoms with Crippen LogP contribution in [0.15, 0.2) is 10.6 Å². The van der Waals surface area contributed by atoms with E-state index in [9.17, 15) is 10.4 Å². The Kier molecular flexibility index (Phi) is 18.4. The first kappa shape index (κ1) is 28.8. The summed E-state index contributed by atoms with van der Waals surface area (Å²) in [7, 11) is 0. The van der Waals surface area contributed by atoms with Crippen molar-refractivity contribution < 1.29 is 20.4 Å². The lowest BCUT2D eigenvalue weighted by Crippen LogP contribution is -2.35. The van der Waals surface area contributed by atoms with Gasteiger partial charge in [-0.3, -0.25) is 0 Å². The molecular weight excluding hydrogens is 408 g/mol. The summed E-state index contributed by atoms with van der Waals surface area (Å²) in [5.74, 6) is 0. The Balaban J connectivity index is 4.38. The van der Waals surface area contributed by atoms with Crippen LogP contribution in [0, 0.1) is 10.4 Å². The van der Waals surface area contributed by atoms with E-state index in [1.54, 1.807) is 0 Å². The van der Waals surface area contributed by atoms with Crippen molar-refractivity contribution >= 4 is 0 Å². The van der Waals surface area contributed by atoms with Crippen LogP contribution in [0.3, 0.4) is 0 Å². The molecule has 0 atom stereocenters. The van der Waals surface area contributed by atoms with E-state index >= 15 is 0 Å². The number of hydrogen-bond acceptors (Lipinski definition) is 8. The van der Waals surface area contributed by atoms with E-state index in [2.05, 4.69) is 15.5 Å². The normalized spacial score (nSPS) is 12.5. The van der Waals surface area contributed by atoms with Gasteiger partial charge >= 0.3 is 0 Å². The van der Waals surface area contributed by atoms with Crippen molar-refractivity contribution in [2.24, 2.45) is 27.8 Å². The van der Waals surface area contributed by atoms with Gasteiger partial charge in [-0.2, -0.15) is 0 Å². The summed E-state index contributed by atoms with van der Waals surface area (Å²) in [5.41, 5.74) is 16.6. The van der Waals surface area contributed by atoms with E-state index in [-0.39, 0.29) is 9.94 Å². The number of hydrazine groups is 2. The van der Waals surface area contributed by atoms with Crippen molar-refractivity contribution in [1.29, 1.82) is 0 Å². The van der Waals surface area contributed by atoms with Gasteiger partial charge in [0.1, 0.15) is 0 Å². The summed E-state index contributed by atoms with van der Waals surface area (Å²) in [4.78, 5) is 2.73. The molecule has 14 nitrogen and oxygen atoms in total. The molecule has 31 heavy (non-hydrogen) atoms. The zero-order chi connectivity index (χ0) is 23.3. The quantitative estimate of drug-likeness (QED) is 0.0686. The highest BCUT2D eigenvalue weighted by Crippen LogP contribution is 2.05. The highest BCUT2D eigenvalue weighted by Gasteiger charge is 2.14. The lowest BCUT2D eigenvalue weighted by Gasteiger charge is -2.23. The lowest BCUT2D eigenvalue weighted by molar-refractivity contribution is -0.710. The number of rotatable bonds is 21. The molecule has 0 aromatic carbocycles. The minimum Gasteiger partial charge on any atom is -0.569 e. The van der Waals surface area contributed by atoms with E-state index in [1.165, 1.54) is 10.0 Å². The summed E-state index contributed by atoms with van der Waals surface area (Å²) in [6.07, 6.45) is 5.47. The van der Waals surface area contributed by atoms with E-state index in [1.807, 2.05) is 0 Å². The van der Waals surface area contributed by atoms with E-state index in [0.717, 1.165) is 51.7 Å². The predicted molar refractivity (Wildman–Crippen MR) is 115 cm³/mol. The highest BCUT2D eigenvalue weighted by molar-refractivity contribution is 4.61. The molecule has 0 heterocycles. The Bertz CT molecular complexity index is 446. The monoisotopic (exact) mass is 450 g/mol. The van der Waals surface area contributed by atoms with Gasteiger partial charge in [0, 0.05) is 0 Å². The van der Waals surface area contributed by atoms with Crippen molar-refractivity contribution in [3.63, 3.8) is 0 Å². The zero-order valence-corrected chi connectivity index (χ0v) is 18.6. The first-order valence-electron chi connectivity index (χ1n) is 11.0. The van der Waals surface area contributed by atoms with Gasteiger partial charge in [0.15, 0.2) is 0 Å². The van der Waals surface area contributed by atoms with E-state index in [4.69, 9.17) is 27.6 Å². The average Bonchev–Trinajstić information content (AvgIpc) is 2.79. The molecule has 0 fully saturated rings. The minimum atomic E-state index is 0.205. The van der Waals surface area contributed by atoms with Crippen molar-refractivity contribution in [3.8, 4) is 0 Å². The predicted octanol–water partition coefficient (Wildman–Crippen LogP) is 0.0326. The molecular formula is C17H42N10O4. The fourth-order valence-corrected chi connectivity index (χ4v) is 3.14. The second-order valence-electron chi connectivity index (χ2n) is 7.27. The molecule has 8 N–H and O–H groups in total. The van der Waals surface area contributed by atoms with E-state index in [0.29, 0.717) is 58.7 Å². The molecule has 0 aliphatic carbocycles. The van der Waals surface area contributed by atoms with Crippen LogP contribution in [0.5, 0.6) is 0 Å².